The SMILES string of the molecule is COc1cc(Cl)c(C)cc1NC(=O)CCN1C(=O)c2cccc([N+](=O)[O-])c2C1=O. The highest BCUT2D eigenvalue weighted by Gasteiger charge is 2.40. The Hall–Kier alpha value is -3.46. The smallest absolute Gasteiger partial charge is 0.282 e. The van der Waals surface area contributed by atoms with Crippen LogP contribution in [0.1, 0.15) is 32.7 Å². The Morgan fingerprint density at radius 3 is 2.66 bits per heavy atom. The molecule has 29 heavy (non-hydrogen) atoms. The number of amides is 3. The Labute approximate surface area is 170 Å². The van der Waals surface area contributed by atoms with E-state index in [4.69, 9.17) is 16.3 Å². The Morgan fingerprint density at radius 1 is 1.28 bits per heavy atom. The molecule has 0 saturated heterocycles. The molecule has 0 radical (unpaired) electrons. The van der Waals surface area contributed by atoms with Gasteiger partial charge in [-0.05, 0) is 24.6 Å². The maximum atomic E-state index is 12.5. The number of benzene rings is 2. The topological polar surface area (TPSA) is 119 Å². The van der Waals surface area contributed by atoms with Gasteiger partial charge >= 0.3 is 0 Å². The standard InChI is InChI=1S/C19H16ClN3O6/c1-10-8-13(15(29-2)9-12(10)20)21-16(24)6-7-22-18(25)11-4-3-5-14(23(27)28)17(11)19(22)26/h3-5,8-9H,6-7H2,1-2H3,(H,21,24). The third kappa shape index (κ3) is 3.77. The van der Waals surface area contributed by atoms with E-state index in [0.717, 1.165) is 16.5 Å². The number of hydrogen-bond acceptors (Lipinski definition) is 6. The van der Waals surface area contributed by atoms with Gasteiger partial charge in [-0.1, -0.05) is 17.7 Å². The summed E-state index contributed by atoms with van der Waals surface area (Å²) >= 11 is 6.04. The van der Waals surface area contributed by atoms with Crippen molar-refractivity contribution in [1.29, 1.82) is 0 Å². The van der Waals surface area contributed by atoms with Crippen molar-refractivity contribution >= 4 is 40.7 Å². The molecule has 0 unspecified atom stereocenters. The molecule has 1 aliphatic rings. The number of carbonyl (C=O) groups is 3. The number of hydrogen-bond donors (Lipinski definition) is 1. The maximum absolute atomic E-state index is 12.5. The number of nitrogens with one attached hydrogen (secondary N) is 1. The number of fused-ring (bicyclic) bond motifs is 1. The predicted octanol–water partition coefficient (Wildman–Crippen LogP) is 3.19. The summed E-state index contributed by atoms with van der Waals surface area (Å²) in [5.41, 5.74) is 0.402. The van der Waals surface area contributed by atoms with Crippen molar-refractivity contribution in [3.8, 4) is 5.75 Å². The van der Waals surface area contributed by atoms with Crippen molar-refractivity contribution in [2.75, 3.05) is 19.0 Å². The fourth-order valence-electron chi connectivity index (χ4n) is 3.03. The average Bonchev–Trinajstić information content (AvgIpc) is 2.93. The first-order chi connectivity index (χ1) is 13.7. The number of aryl methyl sites for hydroxylation is 1. The van der Waals surface area contributed by atoms with Gasteiger partial charge in [0.2, 0.25) is 5.91 Å². The van der Waals surface area contributed by atoms with Crippen molar-refractivity contribution in [3.05, 3.63) is 62.2 Å². The van der Waals surface area contributed by atoms with Gasteiger partial charge in [-0.15, -0.1) is 0 Å². The Bertz CT molecular complexity index is 1050. The van der Waals surface area contributed by atoms with Crippen molar-refractivity contribution in [2.24, 2.45) is 0 Å². The van der Waals surface area contributed by atoms with Gasteiger partial charge in [-0.3, -0.25) is 29.4 Å². The summed E-state index contributed by atoms with van der Waals surface area (Å²) in [6.45, 7) is 1.55. The molecule has 3 rings (SSSR count). The zero-order chi connectivity index (χ0) is 21.3. The fourth-order valence-corrected chi connectivity index (χ4v) is 3.18. The number of anilines is 1. The van der Waals surface area contributed by atoms with Gasteiger partial charge < -0.3 is 10.1 Å². The average molecular weight is 418 g/mol. The lowest BCUT2D eigenvalue weighted by Crippen LogP contribution is -2.33. The number of nitro benzene ring substituents is 1. The lowest BCUT2D eigenvalue weighted by molar-refractivity contribution is -0.385. The minimum atomic E-state index is -0.787. The lowest BCUT2D eigenvalue weighted by atomic mass is 10.1. The van der Waals surface area contributed by atoms with Crippen LogP contribution >= 0.6 is 11.6 Å². The van der Waals surface area contributed by atoms with Crippen LogP contribution in [0, 0.1) is 17.0 Å². The van der Waals surface area contributed by atoms with Crippen LogP contribution in [0.4, 0.5) is 11.4 Å². The molecule has 0 fully saturated rings. The van der Waals surface area contributed by atoms with E-state index in [-0.39, 0.29) is 24.1 Å². The van der Waals surface area contributed by atoms with Crippen LogP contribution in [-0.4, -0.2) is 41.2 Å². The summed E-state index contributed by atoms with van der Waals surface area (Å²) in [5.74, 6) is -1.55. The highest BCUT2D eigenvalue weighted by molar-refractivity contribution is 6.31. The molecule has 2 aromatic carbocycles. The number of nitro groups is 1. The monoisotopic (exact) mass is 417 g/mol. The van der Waals surface area contributed by atoms with E-state index in [9.17, 15) is 24.5 Å². The van der Waals surface area contributed by atoms with Crippen molar-refractivity contribution in [2.45, 2.75) is 13.3 Å². The number of rotatable bonds is 6. The van der Waals surface area contributed by atoms with E-state index in [2.05, 4.69) is 5.32 Å². The quantitative estimate of drug-likeness (QED) is 0.438. The third-order valence-corrected chi connectivity index (χ3v) is 4.90. The van der Waals surface area contributed by atoms with Crippen LogP contribution in [0.25, 0.3) is 0 Å². The summed E-state index contributed by atoms with van der Waals surface area (Å²) in [6.07, 6.45) is -0.190. The number of methoxy groups -OCH3 is 1. The predicted molar refractivity (Wildman–Crippen MR) is 104 cm³/mol. The third-order valence-electron chi connectivity index (χ3n) is 4.49. The van der Waals surface area contributed by atoms with Gasteiger partial charge in [0.1, 0.15) is 11.3 Å². The number of imide groups is 1. The van der Waals surface area contributed by atoms with Gasteiger partial charge in [0.25, 0.3) is 17.5 Å². The first-order valence-electron chi connectivity index (χ1n) is 8.52. The molecule has 0 aromatic heterocycles. The molecule has 10 heteroatoms. The second kappa shape index (κ2) is 7.88. The number of halogens is 1. The summed E-state index contributed by atoms with van der Waals surface area (Å²) in [4.78, 5) is 48.6. The van der Waals surface area contributed by atoms with Crippen LogP contribution < -0.4 is 10.1 Å². The van der Waals surface area contributed by atoms with Crippen LogP contribution in [-0.2, 0) is 4.79 Å². The summed E-state index contributed by atoms with van der Waals surface area (Å²) in [6, 6.07) is 7.06. The van der Waals surface area contributed by atoms with E-state index in [0.29, 0.717) is 16.5 Å². The normalized spacial score (nSPS) is 12.7. The van der Waals surface area contributed by atoms with Gasteiger partial charge in [0.15, 0.2) is 0 Å². The first kappa shape index (κ1) is 20.3. The molecule has 2 aromatic rings. The molecule has 1 N–H and O–H groups in total. The largest absolute Gasteiger partial charge is 0.495 e. The molecule has 3 amide bonds. The van der Waals surface area contributed by atoms with Gasteiger partial charge in [0, 0.05) is 30.1 Å². The fraction of sp³-hybridized carbons (Fsp3) is 0.211. The molecule has 9 nitrogen and oxygen atoms in total. The molecule has 0 spiro atoms. The van der Waals surface area contributed by atoms with Crippen LogP contribution in [0.15, 0.2) is 30.3 Å². The van der Waals surface area contributed by atoms with E-state index < -0.39 is 28.3 Å². The molecule has 0 saturated carbocycles. The van der Waals surface area contributed by atoms with Crippen molar-refractivity contribution in [3.63, 3.8) is 0 Å². The Kier molecular flexibility index (Phi) is 5.51. The van der Waals surface area contributed by atoms with Crippen molar-refractivity contribution < 1.29 is 24.0 Å². The molecular weight excluding hydrogens is 402 g/mol. The summed E-state index contributed by atoms with van der Waals surface area (Å²) in [7, 11) is 1.43. The second-order valence-corrected chi connectivity index (χ2v) is 6.73. The zero-order valence-electron chi connectivity index (χ0n) is 15.5. The number of nitrogens with zero attached hydrogens (tertiary/aromatic N) is 2. The highest BCUT2D eigenvalue weighted by atomic mass is 35.5. The van der Waals surface area contributed by atoms with Gasteiger partial charge in [0.05, 0.1) is 23.3 Å². The molecule has 0 aliphatic carbocycles. The lowest BCUT2D eigenvalue weighted by Gasteiger charge is -2.15. The molecule has 150 valence electrons. The summed E-state index contributed by atoms with van der Waals surface area (Å²) < 4.78 is 5.19. The zero-order valence-corrected chi connectivity index (χ0v) is 16.3. The van der Waals surface area contributed by atoms with Gasteiger partial charge in [-0.25, -0.2) is 0 Å². The minimum Gasteiger partial charge on any atom is -0.495 e. The first-order valence-corrected chi connectivity index (χ1v) is 8.90. The van der Waals surface area contributed by atoms with Crippen LogP contribution in [0.5, 0.6) is 5.75 Å². The molecular formula is C19H16ClN3O6. The van der Waals surface area contributed by atoms with Gasteiger partial charge in [-0.2, -0.15) is 0 Å². The summed E-state index contributed by atoms with van der Waals surface area (Å²) in [5, 5.41) is 14.3. The number of ether oxygens (including phenoxy) is 1. The Balaban J connectivity index is 1.73. The van der Waals surface area contributed by atoms with E-state index in [1.165, 1.54) is 19.2 Å². The highest BCUT2D eigenvalue weighted by Crippen LogP contribution is 2.32. The van der Waals surface area contributed by atoms with Crippen LogP contribution in [0.2, 0.25) is 5.02 Å². The molecule has 1 aliphatic heterocycles. The molecule has 0 atom stereocenters. The second-order valence-electron chi connectivity index (χ2n) is 6.32. The van der Waals surface area contributed by atoms with Crippen LogP contribution in [0.3, 0.4) is 0 Å². The molecule has 0 bridgehead atoms. The van der Waals surface area contributed by atoms with E-state index in [1.807, 2.05) is 0 Å². The van der Waals surface area contributed by atoms with E-state index in [1.54, 1.807) is 19.1 Å². The Morgan fingerprint density at radius 2 is 2.00 bits per heavy atom. The number of carbonyl (C=O) groups excluding carboxylic acids is 3. The molecule has 1 heterocycles. The minimum absolute atomic E-state index is 0.0420. The van der Waals surface area contributed by atoms with Crippen molar-refractivity contribution in [1.82, 2.24) is 4.90 Å². The van der Waals surface area contributed by atoms with E-state index >= 15 is 0 Å². The maximum Gasteiger partial charge on any atom is 0.282 e.